The minimum absolute atomic E-state index is 0.0316. The summed E-state index contributed by atoms with van der Waals surface area (Å²) in [4.78, 5) is 0. The number of hydrogen-bond donors (Lipinski definition) is 1. The number of rotatable bonds is 0. The molecule has 0 fully saturated rings. The van der Waals surface area contributed by atoms with E-state index in [0.717, 1.165) is 5.29 Å². The van der Waals surface area contributed by atoms with Gasteiger partial charge in [-0.05, 0) is 19.9 Å². The molecule has 122 valence electrons. The quantitative estimate of drug-likeness (QED) is 0.425. The fourth-order valence-electron chi connectivity index (χ4n) is 3.09. The summed E-state index contributed by atoms with van der Waals surface area (Å²) in [6.07, 6.45) is 0. The van der Waals surface area contributed by atoms with Gasteiger partial charge < -0.3 is 31.6 Å². The molecule has 24 heavy (non-hydrogen) atoms. The number of benzene rings is 2. The van der Waals surface area contributed by atoms with Crippen molar-refractivity contribution in [3.8, 4) is 28.7 Å². The van der Waals surface area contributed by atoms with Gasteiger partial charge in [-0.15, -0.1) is 0 Å². The molecule has 0 amide bonds. The van der Waals surface area contributed by atoms with Crippen LogP contribution in [-0.4, -0.2) is 10.4 Å². The van der Waals surface area contributed by atoms with E-state index in [2.05, 4.69) is 0 Å². The van der Waals surface area contributed by atoms with Gasteiger partial charge in [0.2, 0.25) is 17.2 Å². The van der Waals surface area contributed by atoms with Gasteiger partial charge >= 0.3 is 15.8 Å². The van der Waals surface area contributed by atoms with Crippen molar-refractivity contribution < 1.29 is 31.6 Å². The summed E-state index contributed by atoms with van der Waals surface area (Å²) in [5, 5.41) is 12.9. The van der Waals surface area contributed by atoms with E-state index in [9.17, 15) is 5.11 Å². The molecule has 3 aliphatic heterocycles. The van der Waals surface area contributed by atoms with E-state index >= 15 is 0 Å². The lowest BCUT2D eigenvalue weighted by Crippen LogP contribution is -2.05. The molecule has 2 atom stereocenters. The maximum absolute atomic E-state index is 10.9. The van der Waals surface area contributed by atoms with Crippen LogP contribution in [-0.2, 0) is 0 Å². The Hall–Kier alpha value is -2.36. The van der Waals surface area contributed by atoms with E-state index < -0.39 is 15.8 Å². The van der Waals surface area contributed by atoms with E-state index in [0.29, 0.717) is 44.9 Å². The topological polar surface area (TPSA) is 83.4 Å². The SMILES string of the molecule is CC(C)=P12Oc3c(c(O)c4c(op5oc6c(cccc64)O5)c3O1)O2. The molecule has 2 unspecified atom stereocenters. The van der Waals surface area contributed by atoms with Crippen LogP contribution in [0.5, 0.6) is 28.7 Å². The van der Waals surface area contributed by atoms with E-state index in [1.54, 1.807) is 6.07 Å². The van der Waals surface area contributed by atoms with Gasteiger partial charge in [0.1, 0.15) is 0 Å². The Kier molecular flexibility index (Phi) is 2.07. The molecule has 0 spiro atoms. The molecule has 9 heteroatoms. The average molecular weight is 364 g/mol. The molecular formula is C15H10O7P2. The molecular weight excluding hydrogens is 354 g/mol. The van der Waals surface area contributed by atoms with Crippen LogP contribution in [0.1, 0.15) is 13.8 Å². The van der Waals surface area contributed by atoms with Crippen LogP contribution in [0.25, 0.3) is 21.9 Å². The highest BCUT2D eigenvalue weighted by atomic mass is 31.2. The van der Waals surface area contributed by atoms with Gasteiger partial charge in [0, 0.05) is 10.7 Å². The van der Waals surface area contributed by atoms with Crippen LogP contribution in [0.4, 0.5) is 0 Å². The molecule has 4 bridgehead atoms. The zero-order chi connectivity index (χ0) is 16.2. The predicted molar refractivity (Wildman–Crippen MR) is 89.2 cm³/mol. The zero-order valence-corrected chi connectivity index (χ0v) is 14.3. The summed E-state index contributed by atoms with van der Waals surface area (Å²) in [6.45, 7) is 3.76. The summed E-state index contributed by atoms with van der Waals surface area (Å²) < 4.78 is 35.1. The van der Waals surface area contributed by atoms with Gasteiger partial charge in [-0.25, -0.2) is 0 Å². The third kappa shape index (κ3) is 1.29. The standard InChI is InChI=1S/C15H10O7P2/c1-6(2)24-20-13-10(16)9-7-4-3-5-8-11(7)18-23(17-8)19-12(9)14(21-24)15(13)22-24/h3-5,16H,1-2H3. The van der Waals surface area contributed by atoms with Crippen molar-refractivity contribution in [2.24, 2.45) is 0 Å². The van der Waals surface area contributed by atoms with Crippen LogP contribution >= 0.6 is 15.8 Å². The fourth-order valence-corrected chi connectivity index (χ4v) is 6.05. The number of para-hydroxylation sites is 1. The first-order valence-corrected chi connectivity index (χ1v) is 9.90. The number of phenolic OH excluding ortho intramolecular Hbond substituents is 1. The Morgan fingerprint density at radius 2 is 1.75 bits per heavy atom. The van der Waals surface area contributed by atoms with Gasteiger partial charge in [-0.3, -0.25) is 0 Å². The molecule has 3 aromatic rings. The number of hydrogen-bond acceptors (Lipinski definition) is 7. The summed E-state index contributed by atoms with van der Waals surface area (Å²) in [5.41, 5.74) is 0.932. The highest BCUT2D eigenvalue weighted by molar-refractivity contribution is 7.64. The summed E-state index contributed by atoms with van der Waals surface area (Å²) >= 11 is 0. The minimum atomic E-state index is -2.67. The maximum Gasteiger partial charge on any atom is 0.453 e. The second kappa shape index (κ2) is 3.82. The van der Waals surface area contributed by atoms with Crippen LogP contribution in [0.2, 0.25) is 0 Å². The highest BCUT2D eigenvalue weighted by Gasteiger charge is 2.50. The Bertz CT molecular complexity index is 1200. The second-order valence-corrected chi connectivity index (χ2v) is 9.32. The van der Waals surface area contributed by atoms with Crippen molar-refractivity contribution in [3.63, 3.8) is 0 Å². The first-order valence-electron chi connectivity index (χ1n) is 7.26. The van der Waals surface area contributed by atoms with Crippen LogP contribution in [0, 0.1) is 0 Å². The second-order valence-electron chi connectivity index (χ2n) is 5.89. The lowest BCUT2D eigenvalue weighted by Gasteiger charge is -2.19. The van der Waals surface area contributed by atoms with Crippen molar-refractivity contribution in [2.75, 3.05) is 0 Å². The van der Waals surface area contributed by atoms with Crippen molar-refractivity contribution in [1.29, 1.82) is 0 Å². The summed E-state index contributed by atoms with van der Waals surface area (Å²) in [5.74, 6) is 1.70. The van der Waals surface area contributed by atoms with Gasteiger partial charge in [0.15, 0.2) is 22.7 Å². The normalized spacial score (nSPS) is 21.7. The molecule has 0 saturated carbocycles. The van der Waals surface area contributed by atoms with Crippen molar-refractivity contribution in [1.82, 2.24) is 0 Å². The van der Waals surface area contributed by atoms with Gasteiger partial charge in [-0.2, -0.15) is 0 Å². The van der Waals surface area contributed by atoms with E-state index in [1.165, 1.54) is 0 Å². The molecule has 4 heterocycles. The van der Waals surface area contributed by atoms with E-state index in [4.69, 9.17) is 26.5 Å². The number of phenols is 1. The van der Waals surface area contributed by atoms with E-state index in [-0.39, 0.29) is 5.75 Å². The molecule has 6 rings (SSSR count). The Balaban J connectivity index is 1.88. The minimum Gasteiger partial charge on any atom is -0.504 e. The molecule has 7 nitrogen and oxygen atoms in total. The van der Waals surface area contributed by atoms with Gasteiger partial charge in [0.05, 0.1) is 5.39 Å². The summed E-state index contributed by atoms with van der Waals surface area (Å²) in [7, 11) is -4.30. The number of fused-ring (bicyclic) bond motifs is 5. The summed E-state index contributed by atoms with van der Waals surface area (Å²) in [6, 6.07) is 5.47. The molecule has 2 aromatic carbocycles. The van der Waals surface area contributed by atoms with Gasteiger partial charge in [-0.1, -0.05) is 12.1 Å². The lowest BCUT2D eigenvalue weighted by molar-refractivity contribution is 0.419. The van der Waals surface area contributed by atoms with Crippen LogP contribution < -0.4 is 18.1 Å². The van der Waals surface area contributed by atoms with Crippen molar-refractivity contribution >= 4 is 43.0 Å². The third-order valence-electron chi connectivity index (χ3n) is 4.23. The Labute approximate surface area is 136 Å². The molecule has 1 aromatic heterocycles. The molecule has 0 saturated heterocycles. The largest absolute Gasteiger partial charge is 0.504 e. The monoisotopic (exact) mass is 364 g/mol. The molecule has 1 N–H and O–H groups in total. The Morgan fingerprint density at radius 1 is 1.00 bits per heavy atom. The van der Waals surface area contributed by atoms with Gasteiger partial charge in [0.25, 0.3) is 0 Å². The third-order valence-corrected chi connectivity index (χ3v) is 7.61. The number of aromatic hydroxyl groups is 1. The predicted octanol–water partition coefficient (Wildman–Crippen LogP) is 5.29. The van der Waals surface area contributed by atoms with E-state index in [1.807, 2.05) is 26.0 Å². The smallest absolute Gasteiger partial charge is 0.453 e. The van der Waals surface area contributed by atoms with Crippen molar-refractivity contribution in [2.45, 2.75) is 13.8 Å². The van der Waals surface area contributed by atoms with Crippen LogP contribution in [0.3, 0.4) is 0 Å². The highest BCUT2D eigenvalue weighted by Crippen LogP contribution is 2.74. The van der Waals surface area contributed by atoms with Crippen molar-refractivity contribution in [3.05, 3.63) is 18.2 Å². The maximum atomic E-state index is 10.9. The first kappa shape index (κ1) is 13.0. The van der Waals surface area contributed by atoms with Crippen LogP contribution in [0.15, 0.2) is 26.6 Å². The molecule has 0 aliphatic carbocycles. The average Bonchev–Trinajstić information content (AvgIpc) is 3.21. The Morgan fingerprint density at radius 3 is 2.54 bits per heavy atom. The lowest BCUT2D eigenvalue weighted by atomic mass is 10.1. The fraction of sp³-hybridized carbons (Fsp3) is 0.133. The molecule has 3 aliphatic rings. The zero-order valence-electron chi connectivity index (χ0n) is 12.5. The first-order chi connectivity index (χ1) is 11.6. The molecule has 0 radical (unpaired) electrons.